The Morgan fingerprint density at radius 3 is 2.72 bits per heavy atom. The highest BCUT2D eigenvalue weighted by molar-refractivity contribution is 5.37. The molecule has 1 aliphatic rings. The molecule has 100 valence electrons. The Kier molecular flexibility index (Phi) is 5.02. The smallest absolute Gasteiger partial charge is 0.119 e. The molecule has 0 bridgehead atoms. The fourth-order valence-corrected chi connectivity index (χ4v) is 2.45. The molecule has 3 heteroatoms. The maximum absolute atomic E-state index is 5.81. The fourth-order valence-electron chi connectivity index (χ4n) is 2.45. The molecule has 3 nitrogen and oxygen atoms in total. The second kappa shape index (κ2) is 6.76. The SMILES string of the molecule is CN(CCN)CCOc1ccc2c(c1)CCCC2. The maximum atomic E-state index is 5.81. The van der Waals surface area contributed by atoms with Gasteiger partial charge < -0.3 is 15.4 Å². The van der Waals surface area contributed by atoms with Crippen molar-refractivity contribution in [3.63, 3.8) is 0 Å². The lowest BCUT2D eigenvalue weighted by Gasteiger charge is -2.18. The van der Waals surface area contributed by atoms with Crippen molar-refractivity contribution in [2.24, 2.45) is 5.73 Å². The van der Waals surface area contributed by atoms with Gasteiger partial charge in [0.15, 0.2) is 0 Å². The van der Waals surface area contributed by atoms with E-state index in [1.807, 2.05) is 0 Å². The molecule has 0 unspecified atom stereocenters. The summed E-state index contributed by atoms with van der Waals surface area (Å²) in [6.45, 7) is 3.28. The molecule has 0 amide bonds. The summed E-state index contributed by atoms with van der Waals surface area (Å²) in [7, 11) is 2.07. The zero-order chi connectivity index (χ0) is 12.8. The molecular weight excluding hydrogens is 224 g/mol. The Balaban J connectivity index is 1.82. The van der Waals surface area contributed by atoms with Crippen LogP contribution in [-0.2, 0) is 12.8 Å². The Morgan fingerprint density at radius 1 is 1.17 bits per heavy atom. The standard InChI is InChI=1S/C15H24N2O/c1-17(9-8-16)10-11-18-15-7-6-13-4-2-3-5-14(13)12-15/h6-7,12H,2-5,8-11,16H2,1H3. The van der Waals surface area contributed by atoms with E-state index in [0.29, 0.717) is 6.54 Å². The van der Waals surface area contributed by atoms with Gasteiger partial charge in [-0.25, -0.2) is 0 Å². The summed E-state index contributed by atoms with van der Waals surface area (Å²) in [5.74, 6) is 1.01. The number of hydrogen-bond donors (Lipinski definition) is 1. The number of aryl methyl sites for hydroxylation is 2. The minimum Gasteiger partial charge on any atom is -0.492 e. The van der Waals surface area contributed by atoms with E-state index in [0.717, 1.165) is 25.4 Å². The fraction of sp³-hybridized carbons (Fsp3) is 0.600. The van der Waals surface area contributed by atoms with Crippen molar-refractivity contribution < 1.29 is 4.74 Å². The van der Waals surface area contributed by atoms with E-state index in [1.165, 1.54) is 36.8 Å². The van der Waals surface area contributed by atoms with Gasteiger partial charge in [0, 0.05) is 19.6 Å². The molecule has 18 heavy (non-hydrogen) atoms. The first-order chi connectivity index (χ1) is 8.79. The third kappa shape index (κ3) is 3.72. The number of nitrogens with zero attached hydrogens (tertiary/aromatic N) is 1. The van der Waals surface area contributed by atoms with Gasteiger partial charge in [-0.15, -0.1) is 0 Å². The van der Waals surface area contributed by atoms with E-state index >= 15 is 0 Å². The molecule has 0 radical (unpaired) electrons. The minimum absolute atomic E-state index is 0.704. The van der Waals surface area contributed by atoms with E-state index in [-0.39, 0.29) is 0 Å². The van der Waals surface area contributed by atoms with Crippen LogP contribution in [0.4, 0.5) is 0 Å². The quantitative estimate of drug-likeness (QED) is 0.835. The summed E-state index contributed by atoms with van der Waals surface area (Å²) in [6.07, 6.45) is 5.08. The van der Waals surface area contributed by atoms with Gasteiger partial charge in [0.2, 0.25) is 0 Å². The predicted octanol–water partition coefficient (Wildman–Crippen LogP) is 1.83. The lowest BCUT2D eigenvalue weighted by Crippen LogP contribution is -2.29. The molecule has 0 heterocycles. The van der Waals surface area contributed by atoms with Crippen molar-refractivity contribution in [3.8, 4) is 5.75 Å². The van der Waals surface area contributed by atoms with E-state index in [1.54, 1.807) is 0 Å². The molecule has 0 saturated carbocycles. The van der Waals surface area contributed by atoms with Crippen LogP contribution in [0.3, 0.4) is 0 Å². The summed E-state index contributed by atoms with van der Waals surface area (Å²) in [4.78, 5) is 2.19. The number of fused-ring (bicyclic) bond motifs is 1. The van der Waals surface area contributed by atoms with Crippen LogP contribution < -0.4 is 10.5 Å². The number of benzene rings is 1. The molecule has 0 atom stereocenters. The molecule has 2 rings (SSSR count). The zero-order valence-electron chi connectivity index (χ0n) is 11.3. The predicted molar refractivity (Wildman–Crippen MR) is 75.1 cm³/mol. The minimum atomic E-state index is 0.704. The van der Waals surface area contributed by atoms with Crippen LogP contribution in [0.5, 0.6) is 5.75 Å². The number of rotatable bonds is 6. The van der Waals surface area contributed by atoms with Crippen LogP contribution in [0.1, 0.15) is 24.0 Å². The number of nitrogens with two attached hydrogens (primary N) is 1. The highest BCUT2D eigenvalue weighted by atomic mass is 16.5. The van der Waals surface area contributed by atoms with Gasteiger partial charge in [-0.1, -0.05) is 6.07 Å². The number of likely N-dealkylation sites (N-methyl/N-ethyl adjacent to an activating group) is 1. The van der Waals surface area contributed by atoms with Crippen molar-refractivity contribution in [1.82, 2.24) is 4.90 Å². The van der Waals surface area contributed by atoms with E-state index in [2.05, 4.69) is 30.1 Å². The van der Waals surface area contributed by atoms with Crippen LogP contribution >= 0.6 is 0 Å². The molecule has 1 aromatic rings. The van der Waals surface area contributed by atoms with Crippen LogP contribution in [-0.4, -0.2) is 38.2 Å². The third-order valence-corrected chi connectivity index (χ3v) is 3.57. The molecule has 0 spiro atoms. The molecule has 1 aromatic carbocycles. The van der Waals surface area contributed by atoms with Crippen LogP contribution in [0, 0.1) is 0 Å². The summed E-state index contributed by atoms with van der Waals surface area (Å²) in [5, 5.41) is 0. The number of hydrogen-bond acceptors (Lipinski definition) is 3. The van der Waals surface area contributed by atoms with Crippen molar-refractivity contribution in [1.29, 1.82) is 0 Å². The lowest BCUT2D eigenvalue weighted by atomic mass is 9.92. The lowest BCUT2D eigenvalue weighted by molar-refractivity contribution is 0.240. The van der Waals surface area contributed by atoms with Gasteiger partial charge in [-0.3, -0.25) is 0 Å². The van der Waals surface area contributed by atoms with Crippen molar-refractivity contribution in [2.75, 3.05) is 33.3 Å². The summed E-state index contributed by atoms with van der Waals surface area (Å²) in [5.41, 5.74) is 8.49. The average Bonchev–Trinajstić information content (AvgIpc) is 2.39. The van der Waals surface area contributed by atoms with Crippen LogP contribution in [0.25, 0.3) is 0 Å². The average molecular weight is 248 g/mol. The first-order valence-electron chi connectivity index (χ1n) is 6.93. The second-order valence-electron chi connectivity index (χ2n) is 5.08. The van der Waals surface area contributed by atoms with Gasteiger partial charge in [0.05, 0.1) is 0 Å². The Hall–Kier alpha value is -1.06. The molecule has 0 aromatic heterocycles. The largest absolute Gasteiger partial charge is 0.492 e. The summed E-state index contributed by atoms with van der Waals surface area (Å²) in [6, 6.07) is 6.55. The van der Waals surface area contributed by atoms with Crippen molar-refractivity contribution in [3.05, 3.63) is 29.3 Å². The Bertz CT molecular complexity index is 379. The normalized spacial score (nSPS) is 14.6. The maximum Gasteiger partial charge on any atom is 0.119 e. The molecule has 2 N–H and O–H groups in total. The second-order valence-corrected chi connectivity index (χ2v) is 5.08. The van der Waals surface area contributed by atoms with E-state index < -0.39 is 0 Å². The molecule has 0 fully saturated rings. The third-order valence-electron chi connectivity index (χ3n) is 3.57. The molecule has 1 aliphatic carbocycles. The molecule has 0 aliphatic heterocycles. The molecule has 0 saturated heterocycles. The van der Waals surface area contributed by atoms with Crippen molar-refractivity contribution >= 4 is 0 Å². The summed E-state index contributed by atoms with van der Waals surface area (Å²) >= 11 is 0. The van der Waals surface area contributed by atoms with Gasteiger partial charge in [0.25, 0.3) is 0 Å². The van der Waals surface area contributed by atoms with Gasteiger partial charge in [0.1, 0.15) is 12.4 Å². The zero-order valence-corrected chi connectivity index (χ0v) is 11.3. The van der Waals surface area contributed by atoms with Gasteiger partial charge in [-0.05, 0) is 56.0 Å². The van der Waals surface area contributed by atoms with Gasteiger partial charge >= 0.3 is 0 Å². The summed E-state index contributed by atoms with van der Waals surface area (Å²) < 4.78 is 5.81. The monoisotopic (exact) mass is 248 g/mol. The Morgan fingerprint density at radius 2 is 1.94 bits per heavy atom. The van der Waals surface area contributed by atoms with Crippen LogP contribution in [0.15, 0.2) is 18.2 Å². The Labute approximate surface area is 110 Å². The highest BCUT2D eigenvalue weighted by Gasteiger charge is 2.09. The molecular formula is C15H24N2O. The van der Waals surface area contributed by atoms with Gasteiger partial charge in [-0.2, -0.15) is 0 Å². The topological polar surface area (TPSA) is 38.5 Å². The van der Waals surface area contributed by atoms with E-state index in [4.69, 9.17) is 10.5 Å². The van der Waals surface area contributed by atoms with Crippen molar-refractivity contribution in [2.45, 2.75) is 25.7 Å². The van der Waals surface area contributed by atoms with Crippen LogP contribution in [0.2, 0.25) is 0 Å². The number of ether oxygens (including phenoxy) is 1. The first kappa shape index (κ1) is 13.4. The first-order valence-corrected chi connectivity index (χ1v) is 6.93. The van der Waals surface area contributed by atoms with E-state index in [9.17, 15) is 0 Å². The highest BCUT2D eigenvalue weighted by Crippen LogP contribution is 2.25.